The Labute approximate surface area is 149 Å². The lowest BCUT2D eigenvalue weighted by Gasteiger charge is -2.14. The molecule has 2 atom stereocenters. The molecule has 130 valence electrons. The number of aromatic nitrogens is 2. The predicted molar refractivity (Wildman–Crippen MR) is 96.1 cm³/mol. The molecule has 0 aliphatic carbocycles. The Kier molecular flexibility index (Phi) is 7.18. The van der Waals surface area contributed by atoms with Crippen molar-refractivity contribution >= 4 is 50.6 Å². The molecule has 1 aliphatic heterocycles. The van der Waals surface area contributed by atoms with E-state index in [-0.39, 0.29) is 28.7 Å². The third-order valence-electron chi connectivity index (χ3n) is 3.34. The molecule has 1 fully saturated rings. The molecule has 2 rings (SSSR count). The Morgan fingerprint density at radius 3 is 2.83 bits per heavy atom. The van der Waals surface area contributed by atoms with E-state index < -0.39 is 9.84 Å². The molecule has 1 aromatic heterocycles. The highest BCUT2D eigenvalue weighted by atomic mass is 32.2. The molecule has 0 unspecified atom stereocenters. The van der Waals surface area contributed by atoms with Crippen LogP contribution in [-0.4, -0.2) is 53.1 Å². The highest BCUT2D eigenvalue weighted by Gasteiger charge is 2.30. The van der Waals surface area contributed by atoms with Crippen molar-refractivity contribution in [3.05, 3.63) is 0 Å². The fraction of sp³-hybridized carbons (Fsp3) is 0.769. The van der Waals surface area contributed by atoms with Gasteiger partial charge >= 0.3 is 0 Å². The summed E-state index contributed by atoms with van der Waals surface area (Å²) in [7, 11) is -2.98. The van der Waals surface area contributed by atoms with E-state index >= 15 is 0 Å². The smallest absolute Gasteiger partial charge is 0.233 e. The molecule has 0 radical (unpaired) electrons. The minimum Gasteiger partial charge on any atom is -0.351 e. The van der Waals surface area contributed by atoms with Gasteiger partial charge in [0.25, 0.3) is 0 Å². The molecule has 23 heavy (non-hydrogen) atoms. The van der Waals surface area contributed by atoms with Gasteiger partial charge in [0.15, 0.2) is 18.5 Å². The molecule has 1 aliphatic rings. The van der Waals surface area contributed by atoms with Crippen LogP contribution in [0.5, 0.6) is 0 Å². The maximum absolute atomic E-state index is 12.2. The topological polar surface area (TPSA) is 89.0 Å². The first-order valence-corrected chi connectivity index (χ1v) is 12.0. The van der Waals surface area contributed by atoms with Crippen molar-refractivity contribution < 1.29 is 13.2 Å². The first kappa shape index (κ1) is 19.0. The summed E-state index contributed by atoms with van der Waals surface area (Å²) in [4.78, 5) is 12.2. The van der Waals surface area contributed by atoms with Gasteiger partial charge < -0.3 is 5.32 Å². The summed E-state index contributed by atoms with van der Waals surface area (Å²) in [6.07, 6.45) is 2.81. The molecule has 10 heteroatoms. The van der Waals surface area contributed by atoms with Gasteiger partial charge in [-0.15, -0.1) is 10.2 Å². The molecule has 0 aromatic carbocycles. The van der Waals surface area contributed by atoms with Gasteiger partial charge in [0.05, 0.1) is 16.8 Å². The van der Waals surface area contributed by atoms with Gasteiger partial charge in [0.1, 0.15) is 0 Å². The Balaban J connectivity index is 1.79. The van der Waals surface area contributed by atoms with Crippen molar-refractivity contribution in [2.75, 3.05) is 17.3 Å². The van der Waals surface area contributed by atoms with E-state index in [0.717, 1.165) is 27.3 Å². The van der Waals surface area contributed by atoms with Crippen molar-refractivity contribution in [2.24, 2.45) is 0 Å². The molecular weight excluding hydrogens is 374 g/mol. The molecule has 1 amide bonds. The van der Waals surface area contributed by atoms with Gasteiger partial charge in [-0.05, 0) is 19.8 Å². The second kappa shape index (κ2) is 8.68. The number of hydrogen-bond acceptors (Lipinski definition) is 8. The van der Waals surface area contributed by atoms with Crippen LogP contribution in [0.2, 0.25) is 0 Å². The van der Waals surface area contributed by atoms with Gasteiger partial charge in [-0.3, -0.25) is 4.79 Å². The number of amides is 1. The first-order valence-electron chi connectivity index (χ1n) is 7.53. The van der Waals surface area contributed by atoms with E-state index in [2.05, 4.69) is 22.4 Å². The molecule has 1 N–H and O–H groups in total. The molecule has 0 saturated carbocycles. The van der Waals surface area contributed by atoms with E-state index in [9.17, 15) is 13.2 Å². The van der Waals surface area contributed by atoms with Gasteiger partial charge in [-0.25, -0.2) is 8.42 Å². The van der Waals surface area contributed by atoms with E-state index in [1.165, 1.54) is 23.1 Å². The molecule has 0 bridgehead atoms. The Morgan fingerprint density at radius 2 is 2.17 bits per heavy atom. The molecule has 2 heterocycles. The lowest BCUT2D eigenvalue weighted by atomic mass is 10.2. The monoisotopic (exact) mass is 395 g/mol. The van der Waals surface area contributed by atoms with Crippen LogP contribution in [-0.2, 0) is 14.6 Å². The summed E-state index contributed by atoms with van der Waals surface area (Å²) >= 11 is 4.56. The van der Waals surface area contributed by atoms with Crippen LogP contribution in [0, 0.1) is 0 Å². The van der Waals surface area contributed by atoms with E-state index in [1.807, 2.05) is 0 Å². The maximum Gasteiger partial charge on any atom is 0.233 e. The van der Waals surface area contributed by atoms with Crippen molar-refractivity contribution in [2.45, 2.75) is 53.1 Å². The number of unbranched alkanes of at least 4 members (excludes halogenated alkanes) is 1. The Bertz CT molecular complexity index is 632. The van der Waals surface area contributed by atoms with E-state index in [0.29, 0.717) is 6.42 Å². The third-order valence-corrected chi connectivity index (χ3v) is 8.43. The fourth-order valence-electron chi connectivity index (χ4n) is 2.04. The van der Waals surface area contributed by atoms with Crippen molar-refractivity contribution in [3.8, 4) is 0 Å². The average molecular weight is 396 g/mol. The minimum absolute atomic E-state index is 0.0488. The van der Waals surface area contributed by atoms with Crippen LogP contribution in [0.3, 0.4) is 0 Å². The SMILES string of the molecule is CCCCSc1nnc(S[C@@H](C)C(=O)N[C@H]2CCS(=O)(=O)C2)s1. The van der Waals surface area contributed by atoms with Gasteiger partial charge in [0, 0.05) is 11.8 Å². The van der Waals surface area contributed by atoms with Crippen LogP contribution in [0.15, 0.2) is 8.68 Å². The number of carbonyl (C=O) groups excluding carboxylic acids is 1. The lowest BCUT2D eigenvalue weighted by Crippen LogP contribution is -2.39. The van der Waals surface area contributed by atoms with Gasteiger partial charge in [-0.2, -0.15) is 0 Å². The summed E-state index contributed by atoms with van der Waals surface area (Å²) in [6.45, 7) is 3.95. The zero-order chi connectivity index (χ0) is 16.9. The van der Waals surface area contributed by atoms with Crippen LogP contribution >= 0.6 is 34.9 Å². The minimum atomic E-state index is -2.98. The molecule has 1 saturated heterocycles. The number of nitrogens with zero attached hydrogens (tertiary/aromatic N) is 2. The van der Waals surface area contributed by atoms with Crippen molar-refractivity contribution in [1.29, 1.82) is 0 Å². The number of rotatable bonds is 8. The third kappa shape index (κ3) is 6.24. The second-order valence-electron chi connectivity index (χ2n) is 5.40. The lowest BCUT2D eigenvalue weighted by molar-refractivity contribution is -0.120. The Morgan fingerprint density at radius 1 is 1.43 bits per heavy atom. The van der Waals surface area contributed by atoms with Gasteiger partial charge in [0.2, 0.25) is 5.91 Å². The highest BCUT2D eigenvalue weighted by molar-refractivity contribution is 8.03. The Hall–Kier alpha value is -0.320. The van der Waals surface area contributed by atoms with Crippen molar-refractivity contribution in [1.82, 2.24) is 15.5 Å². The van der Waals surface area contributed by atoms with Crippen LogP contribution in [0.4, 0.5) is 0 Å². The number of hydrogen-bond donors (Lipinski definition) is 1. The first-order chi connectivity index (χ1) is 10.9. The second-order valence-corrected chi connectivity index (χ2v) is 11.5. The summed E-state index contributed by atoms with van der Waals surface area (Å²) in [5.41, 5.74) is 0. The number of sulfone groups is 1. The summed E-state index contributed by atoms with van der Waals surface area (Å²) in [5, 5.41) is 10.7. The molecule has 6 nitrogen and oxygen atoms in total. The largest absolute Gasteiger partial charge is 0.351 e. The normalized spacial score (nSPS) is 21.2. The zero-order valence-corrected chi connectivity index (χ0v) is 16.4. The van der Waals surface area contributed by atoms with Crippen LogP contribution in [0.25, 0.3) is 0 Å². The molecular formula is C13H21N3O3S4. The zero-order valence-electron chi connectivity index (χ0n) is 13.1. The molecule has 0 spiro atoms. The van der Waals surface area contributed by atoms with E-state index in [1.54, 1.807) is 18.7 Å². The highest BCUT2D eigenvalue weighted by Crippen LogP contribution is 2.31. The maximum atomic E-state index is 12.2. The summed E-state index contributed by atoms with van der Waals surface area (Å²) in [5.74, 6) is 1.09. The van der Waals surface area contributed by atoms with Gasteiger partial charge in [-0.1, -0.05) is 48.2 Å². The average Bonchev–Trinajstić information content (AvgIpc) is 3.05. The fourth-order valence-corrected chi connectivity index (χ4v) is 7.04. The summed E-state index contributed by atoms with van der Waals surface area (Å²) < 4.78 is 24.5. The number of thioether (sulfide) groups is 2. The van der Waals surface area contributed by atoms with E-state index in [4.69, 9.17) is 0 Å². The summed E-state index contributed by atoms with van der Waals surface area (Å²) in [6, 6.07) is -0.259. The van der Waals surface area contributed by atoms with Crippen LogP contribution < -0.4 is 5.32 Å². The number of carbonyl (C=O) groups is 1. The molecule has 1 aromatic rings. The number of nitrogens with one attached hydrogen (secondary N) is 1. The standard InChI is InChI=1S/C13H21N3O3S4/c1-3-4-6-20-12-15-16-13(22-12)21-9(2)11(17)14-10-5-7-23(18,19)8-10/h9-10H,3-8H2,1-2H3,(H,14,17)/t9-,10-/m0/s1. The van der Waals surface area contributed by atoms with Crippen LogP contribution in [0.1, 0.15) is 33.1 Å². The predicted octanol–water partition coefficient (Wildman–Crippen LogP) is 2.21. The quantitative estimate of drug-likeness (QED) is 0.533. The van der Waals surface area contributed by atoms with Crippen molar-refractivity contribution in [3.63, 3.8) is 0 Å².